The first-order valence-corrected chi connectivity index (χ1v) is 12.1. The number of ether oxygens (including phenoxy) is 1. The van der Waals surface area contributed by atoms with Crippen LogP contribution in [-0.4, -0.2) is 66.2 Å². The molecule has 2 aliphatic rings. The minimum Gasteiger partial charge on any atom is -0.490 e. The fourth-order valence-corrected chi connectivity index (χ4v) is 5.33. The molecule has 0 unspecified atom stereocenters. The molecule has 7 nitrogen and oxygen atoms in total. The minimum absolute atomic E-state index is 0.0347. The van der Waals surface area contributed by atoms with Gasteiger partial charge in [0.1, 0.15) is 0 Å². The highest BCUT2D eigenvalue weighted by Crippen LogP contribution is 2.29. The lowest BCUT2D eigenvalue weighted by Gasteiger charge is -2.28. The molecule has 30 heavy (non-hydrogen) atoms. The maximum absolute atomic E-state index is 12.7. The lowest BCUT2D eigenvalue weighted by Crippen LogP contribution is -2.37. The summed E-state index contributed by atoms with van der Waals surface area (Å²) in [6, 6.07) is 4.97. The number of methoxy groups -OCH3 is 1. The molecule has 3 rings (SSSR count). The standard InChI is InChI=1S/C22H33N3O4S/c1-29-21-9-8-19(14-20(21)25(27)28)16-30-17-22(26)24-11-5-10-23(12-13-24)15-18-6-3-2-4-7-18/h8-9,14,18H,2-7,10-13,15-17H2,1H3. The molecule has 1 heterocycles. The van der Waals surface area contributed by atoms with E-state index in [1.807, 2.05) is 11.0 Å². The van der Waals surface area contributed by atoms with Crippen LogP contribution in [-0.2, 0) is 10.5 Å². The number of rotatable bonds is 8. The van der Waals surface area contributed by atoms with E-state index in [0.717, 1.165) is 44.1 Å². The minimum atomic E-state index is -0.436. The zero-order valence-electron chi connectivity index (χ0n) is 17.9. The third-order valence-electron chi connectivity index (χ3n) is 6.12. The maximum Gasteiger partial charge on any atom is 0.311 e. The van der Waals surface area contributed by atoms with Crippen LogP contribution in [0.4, 0.5) is 5.69 Å². The van der Waals surface area contributed by atoms with Gasteiger partial charge in [0.05, 0.1) is 17.8 Å². The average molecular weight is 436 g/mol. The van der Waals surface area contributed by atoms with E-state index in [0.29, 0.717) is 11.5 Å². The first kappa shape index (κ1) is 22.9. The van der Waals surface area contributed by atoms with Gasteiger partial charge in [-0.05, 0) is 43.4 Å². The van der Waals surface area contributed by atoms with Crippen molar-refractivity contribution in [1.29, 1.82) is 0 Å². The lowest BCUT2D eigenvalue weighted by atomic mass is 9.89. The Labute approximate surface area is 183 Å². The molecule has 8 heteroatoms. The van der Waals surface area contributed by atoms with Gasteiger partial charge < -0.3 is 14.5 Å². The fourth-order valence-electron chi connectivity index (χ4n) is 4.45. The molecule has 1 aliphatic carbocycles. The summed E-state index contributed by atoms with van der Waals surface area (Å²) in [4.78, 5) is 27.9. The van der Waals surface area contributed by atoms with Crippen molar-refractivity contribution >= 4 is 23.4 Å². The highest BCUT2D eigenvalue weighted by Gasteiger charge is 2.22. The zero-order valence-corrected chi connectivity index (χ0v) is 18.7. The number of carbonyl (C=O) groups is 1. The molecule has 0 atom stereocenters. The van der Waals surface area contributed by atoms with E-state index in [9.17, 15) is 14.9 Å². The Balaban J connectivity index is 1.42. The lowest BCUT2D eigenvalue weighted by molar-refractivity contribution is -0.385. The van der Waals surface area contributed by atoms with Crippen LogP contribution in [0.3, 0.4) is 0 Å². The van der Waals surface area contributed by atoms with Crippen LogP contribution < -0.4 is 4.74 Å². The van der Waals surface area contributed by atoms with E-state index in [1.54, 1.807) is 6.07 Å². The molecule has 1 saturated carbocycles. The predicted octanol–water partition coefficient (Wildman–Crippen LogP) is 3.95. The van der Waals surface area contributed by atoms with Crippen LogP contribution in [0.5, 0.6) is 5.75 Å². The van der Waals surface area contributed by atoms with Gasteiger partial charge in [0.15, 0.2) is 5.75 Å². The number of nitro groups is 1. The van der Waals surface area contributed by atoms with E-state index >= 15 is 0 Å². The van der Waals surface area contributed by atoms with Crippen LogP contribution >= 0.6 is 11.8 Å². The summed E-state index contributed by atoms with van der Waals surface area (Å²) in [5.41, 5.74) is 0.794. The van der Waals surface area contributed by atoms with Gasteiger partial charge in [-0.3, -0.25) is 14.9 Å². The Hall–Kier alpha value is -1.80. The zero-order chi connectivity index (χ0) is 21.3. The Morgan fingerprint density at radius 2 is 1.97 bits per heavy atom. The molecule has 1 saturated heterocycles. The smallest absolute Gasteiger partial charge is 0.311 e. The summed E-state index contributed by atoms with van der Waals surface area (Å²) in [7, 11) is 1.42. The Bertz CT molecular complexity index is 724. The summed E-state index contributed by atoms with van der Waals surface area (Å²) in [6.45, 7) is 4.88. The normalized spacial score (nSPS) is 18.8. The van der Waals surface area contributed by atoms with E-state index in [-0.39, 0.29) is 17.3 Å². The van der Waals surface area contributed by atoms with Crippen molar-refractivity contribution in [1.82, 2.24) is 9.80 Å². The van der Waals surface area contributed by atoms with E-state index in [2.05, 4.69) is 4.90 Å². The third kappa shape index (κ3) is 6.60. The second-order valence-electron chi connectivity index (χ2n) is 8.30. The van der Waals surface area contributed by atoms with Gasteiger partial charge in [0, 0.05) is 38.0 Å². The van der Waals surface area contributed by atoms with Gasteiger partial charge in [-0.25, -0.2) is 0 Å². The summed E-state index contributed by atoms with van der Waals surface area (Å²) < 4.78 is 5.04. The quantitative estimate of drug-likeness (QED) is 0.455. The van der Waals surface area contributed by atoms with Crippen LogP contribution in [0.2, 0.25) is 0 Å². The number of amides is 1. The van der Waals surface area contributed by atoms with Crippen molar-refractivity contribution in [3.8, 4) is 5.75 Å². The van der Waals surface area contributed by atoms with Crippen LogP contribution in [0.15, 0.2) is 18.2 Å². The summed E-state index contributed by atoms with van der Waals surface area (Å²) in [6.07, 6.45) is 7.89. The molecule has 0 radical (unpaired) electrons. The molecular weight excluding hydrogens is 402 g/mol. The van der Waals surface area contributed by atoms with Gasteiger partial charge >= 0.3 is 5.69 Å². The third-order valence-corrected chi connectivity index (χ3v) is 7.11. The van der Waals surface area contributed by atoms with Crippen molar-refractivity contribution < 1.29 is 14.5 Å². The molecule has 1 aliphatic heterocycles. The van der Waals surface area contributed by atoms with Crippen molar-refractivity contribution in [2.45, 2.75) is 44.3 Å². The molecular formula is C22H33N3O4S. The molecule has 0 N–H and O–H groups in total. The number of hydrogen-bond donors (Lipinski definition) is 0. The second-order valence-corrected chi connectivity index (χ2v) is 9.28. The molecule has 0 aromatic heterocycles. The number of benzene rings is 1. The molecule has 0 spiro atoms. The second kappa shape index (κ2) is 11.6. The molecule has 1 aromatic rings. The Morgan fingerprint density at radius 1 is 1.17 bits per heavy atom. The topological polar surface area (TPSA) is 75.9 Å². The highest BCUT2D eigenvalue weighted by atomic mass is 32.2. The van der Waals surface area contributed by atoms with Gasteiger partial charge in [0.2, 0.25) is 5.91 Å². The first-order valence-electron chi connectivity index (χ1n) is 11.0. The number of thioether (sulfide) groups is 1. The van der Waals surface area contributed by atoms with Crippen LogP contribution in [0.25, 0.3) is 0 Å². The van der Waals surface area contributed by atoms with E-state index < -0.39 is 4.92 Å². The van der Waals surface area contributed by atoms with Crippen molar-refractivity contribution in [2.24, 2.45) is 5.92 Å². The summed E-state index contributed by atoms with van der Waals surface area (Å²) in [5.74, 6) is 2.24. The van der Waals surface area contributed by atoms with Crippen LogP contribution in [0, 0.1) is 16.0 Å². The van der Waals surface area contributed by atoms with Crippen molar-refractivity contribution in [3.05, 3.63) is 33.9 Å². The maximum atomic E-state index is 12.7. The summed E-state index contributed by atoms with van der Waals surface area (Å²) in [5, 5.41) is 11.2. The van der Waals surface area contributed by atoms with Gasteiger partial charge in [-0.1, -0.05) is 25.3 Å². The number of hydrogen-bond acceptors (Lipinski definition) is 6. The van der Waals surface area contributed by atoms with Gasteiger partial charge in [-0.2, -0.15) is 0 Å². The molecule has 166 valence electrons. The van der Waals surface area contributed by atoms with Crippen molar-refractivity contribution in [3.63, 3.8) is 0 Å². The number of nitrogens with zero attached hydrogens (tertiary/aromatic N) is 3. The Morgan fingerprint density at radius 3 is 2.70 bits per heavy atom. The number of nitro benzene ring substituents is 1. The van der Waals surface area contributed by atoms with E-state index in [4.69, 9.17) is 4.74 Å². The van der Waals surface area contributed by atoms with Crippen molar-refractivity contribution in [2.75, 3.05) is 45.6 Å². The monoisotopic (exact) mass is 435 g/mol. The van der Waals surface area contributed by atoms with Gasteiger partial charge in [0.25, 0.3) is 0 Å². The van der Waals surface area contributed by atoms with Gasteiger partial charge in [-0.15, -0.1) is 11.8 Å². The average Bonchev–Trinajstić information content (AvgIpc) is 3.00. The van der Waals surface area contributed by atoms with Crippen LogP contribution in [0.1, 0.15) is 44.1 Å². The molecule has 1 amide bonds. The summed E-state index contributed by atoms with van der Waals surface area (Å²) >= 11 is 1.51. The predicted molar refractivity (Wildman–Crippen MR) is 120 cm³/mol. The SMILES string of the molecule is COc1ccc(CSCC(=O)N2CCCN(CC3CCCCC3)CC2)cc1[N+](=O)[O-]. The largest absolute Gasteiger partial charge is 0.490 e. The number of carbonyl (C=O) groups excluding carboxylic acids is 1. The Kier molecular flexibility index (Phi) is 8.81. The molecule has 0 bridgehead atoms. The fraction of sp³-hybridized carbons (Fsp3) is 0.682. The van der Waals surface area contributed by atoms with E-state index in [1.165, 1.54) is 63.6 Å². The molecule has 1 aromatic carbocycles. The first-order chi connectivity index (χ1) is 14.6. The molecule has 2 fully saturated rings. The highest BCUT2D eigenvalue weighted by molar-refractivity contribution is 7.99.